The molecule has 0 radical (unpaired) electrons. The normalized spacial score (nSPS) is 15.4. The Morgan fingerprint density at radius 1 is 0.744 bits per heavy atom. The number of likely N-dealkylation sites (tertiary alicyclic amines) is 1. The third kappa shape index (κ3) is 14.6. The summed E-state index contributed by atoms with van der Waals surface area (Å²) in [5, 5.41) is 0. The van der Waals surface area contributed by atoms with Crippen molar-refractivity contribution in [2.75, 3.05) is 32.7 Å². The lowest BCUT2D eigenvalue weighted by Gasteiger charge is -2.35. The van der Waals surface area contributed by atoms with Crippen LogP contribution < -0.4 is 0 Å². The van der Waals surface area contributed by atoms with Gasteiger partial charge in [-0.1, -0.05) is 98.5 Å². The van der Waals surface area contributed by atoms with E-state index < -0.39 is 0 Å². The highest BCUT2D eigenvalue weighted by Gasteiger charge is 2.21. The number of unbranched alkanes of at least 4 members (excludes halogenated alkanes) is 6. The topological polar surface area (TPSA) is 26.8 Å². The predicted octanol–water partition coefficient (Wildman–Crippen LogP) is 9.04. The quantitative estimate of drug-likeness (QED) is 0.0962. The molecule has 43 heavy (non-hydrogen) atoms. The van der Waals surface area contributed by atoms with Gasteiger partial charge in [0.25, 0.3) is 0 Å². The highest BCUT2D eigenvalue weighted by molar-refractivity contribution is 5.76. The van der Waals surface area contributed by atoms with Gasteiger partial charge in [-0.25, -0.2) is 0 Å². The van der Waals surface area contributed by atoms with Gasteiger partial charge in [0.15, 0.2) is 0 Å². The number of allylic oxidation sites excluding steroid dienone is 1. The van der Waals surface area contributed by atoms with Crippen LogP contribution in [0.5, 0.6) is 0 Å². The molecule has 4 nitrogen and oxygen atoms in total. The van der Waals surface area contributed by atoms with Gasteiger partial charge in [-0.05, 0) is 82.0 Å². The van der Waals surface area contributed by atoms with E-state index in [-0.39, 0.29) is 0 Å². The minimum atomic E-state index is 0.353. The number of benzene rings is 2. The second-order valence-electron chi connectivity index (χ2n) is 12.4. The van der Waals surface area contributed by atoms with E-state index in [1.54, 1.807) is 0 Å². The summed E-state index contributed by atoms with van der Waals surface area (Å²) in [5.41, 5.74) is 2.68. The third-order valence-electron chi connectivity index (χ3n) is 8.86. The van der Waals surface area contributed by atoms with Crippen molar-refractivity contribution in [2.24, 2.45) is 0 Å². The van der Waals surface area contributed by atoms with E-state index in [2.05, 4.69) is 94.6 Å². The van der Waals surface area contributed by atoms with Crippen LogP contribution in [0, 0.1) is 0 Å². The molecule has 2 aromatic carbocycles. The number of amides is 1. The van der Waals surface area contributed by atoms with Crippen molar-refractivity contribution in [3.8, 4) is 0 Å². The molecule has 3 rings (SSSR count). The number of rotatable bonds is 23. The first-order chi connectivity index (χ1) is 21.2. The lowest BCUT2D eigenvalue weighted by atomic mass is 9.99. The average molecular weight is 586 g/mol. The van der Waals surface area contributed by atoms with Crippen molar-refractivity contribution in [2.45, 2.75) is 109 Å². The van der Waals surface area contributed by atoms with Crippen LogP contribution in [-0.2, 0) is 17.9 Å². The molecule has 0 aromatic heterocycles. The van der Waals surface area contributed by atoms with Gasteiger partial charge in [-0.3, -0.25) is 9.69 Å². The molecule has 1 saturated heterocycles. The Kier molecular flexibility index (Phi) is 17.7. The van der Waals surface area contributed by atoms with E-state index in [1.165, 1.54) is 56.2 Å². The van der Waals surface area contributed by atoms with Crippen LogP contribution in [0.15, 0.2) is 86.0 Å². The number of hydrogen-bond acceptors (Lipinski definition) is 3. The number of carbonyl (C=O) groups excluding carboxylic acids is 1. The zero-order valence-corrected chi connectivity index (χ0v) is 27.0. The molecule has 1 unspecified atom stereocenters. The van der Waals surface area contributed by atoms with E-state index in [0.717, 1.165) is 84.2 Å². The third-order valence-corrected chi connectivity index (χ3v) is 8.86. The van der Waals surface area contributed by atoms with Gasteiger partial charge in [0, 0.05) is 45.2 Å². The van der Waals surface area contributed by atoms with Gasteiger partial charge in [0.2, 0.25) is 5.91 Å². The molecule has 0 bridgehead atoms. The fraction of sp³-hybridized carbons (Fsp3) is 0.564. The molecular weight excluding hydrogens is 526 g/mol. The number of hydrogen-bond donors (Lipinski definition) is 0. The van der Waals surface area contributed by atoms with Crippen LogP contribution >= 0.6 is 0 Å². The summed E-state index contributed by atoms with van der Waals surface area (Å²) in [5.74, 6) is 0.353. The van der Waals surface area contributed by atoms with E-state index in [9.17, 15) is 4.79 Å². The van der Waals surface area contributed by atoms with Gasteiger partial charge in [0.05, 0.1) is 0 Å². The molecule has 0 N–H and O–H groups in total. The maximum Gasteiger partial charge on any atom is 0.222 e. The maximum atomic E-state index is 13.4. The van der Waals surface area contributed by atoms with Crippen molar-refractivity contribution < 1.29 is 4.79 Å². The first-order valence-corrected chi connectivity index (χ1v) is 17.2. The molecule has 1 atom stereocenters. The molecule has 0 spiro atoms. The molecule has 4 heteroatoms. The first-order valence-electron chi connectivity index (χ1n) is 17.2. The maximum absolute atomic E-state index is 13.4. The molecule has 1 fully saturated rings. The highest BCUT2D eigenvalue weighted by atomic mass is 16.2. The largest absolute Gasteiger partial charge is 0.343 e. The molecule has 2 aromatic rings. The van der Waals surface area contributed by atoms with Crippen LogP contribution in [-0.4, -0.2) is 59.4 Å². The zero-order valence-electron chi connectivity index (χ0n) is 27.0. The van der Waals surface area contributed by atoms with Crippen molar-refractivity contribution in [3.63, 3.8) is 0 Å². The fourth-order valence-corrected chi connectivity index (χ4v) is 6.43. The lowest BCUT2D eigenvalue weighted by molar-refractivity contribution is -0.131. The minimum Gasteiger partial charge on any atom is -0.343 e. The standard InChI is InChI=1S/C39H59N3O/c1-3-5-6-7-8-9-16-28-39(43)42(32-20-19-31-41-30-18-17-27-38(41)22-4-2)33-21-29-40(34-36-23-12-10-13-24-36)35-37-25-14-11-15-26-37/h3-4,10-15,23-26,38H,1-2,5-9,16-22,27-35H2. The summed E-state index contributed by atoms with van der Waals surface area (Å²) in [6.07, 6.45) is 20.0. The summed E-state index contributed by atoms with van der Waals surface area (Å²) < 4.78 is 0. The van der Waals surface area contributed by atoms with E-state index >= 15 is 0 Å². The zero-order chi connectivity index (χ0) is 30.4. The number of piperidine rings is 1. The van der Waals surface area contributed by atoms with Crippen molar-refractivity contribution in [3.05, 3.63) is 97.1 Å². The van der Waals surface area contributed by atoms with Crippen LogP contribution in [0.4, 0.5) is 0 Å². The highest BCUT2D eigenvalue weighted by Crippen LogP contribution is 2.20. The first kappa shape index (κ1) is 34.8. The molecule has 1 aliphatic rings. The fourth-order valence-electron chi connectivity index (χ4n) is 6.43. The summed E-state index contributed by atoms with van der Waals surface area (Å²) in [6.45, 7) is 14.7. The Morgan fingerprint density at radius 3 is 2.07 bits per heavy atom. The molecule has 1 aliphatic heterocycles. The monoisotopic (exact) mass is 585 g/mol. The van der Waals surface area contributed by atoms with Crippen LogP contribution in [0.3, 0.4) is 0 Å². The van der Waals surface area contributed by atoms with Gasteiger partial charge in [0.1, 0.15) is 0 Å². The van der Waals surface area contributed by atoms with Gasteiger partial charge in [-0.2, -0.15) is 0 Å². The Morgan fingerprint density at radius 2 is 1.40 bits per heavy atom. The van der Waals surface area contributed by atoms with E-state index in [1.807, 2.05) is 6.08 Å². The van der Waals surface area contributed by atoms with Crippen molar-refractivity contribution >= 4 is 5.91 Å². The Balaban J connectivity index is 1.52. The van der Waals surface area contributed by atoms with E-state index in [4.69, 9.17) is 0 Å². The van der Waals surface area contributed by atoms with E-state index in [0.29, 0.717) is 18.4 Å². The molecule has 0 saturated carbocycles. The minimum absolute atomic E-state index is 0.353. The molecule has 0 aliphatic carbocycles. The van der Waals surface area contributed by atoms with Crippen LogP contribution in [0.2, 0.25) is 0 Å². The van der Waals surface area contributed by atoms with Crippen LogP contribution in [0.1, 0.15) is 101 Å². The SMILES string of the molecule is C=CCCCCCCCC(=O)N(CCCCN1CCCCC1CC=C)CCCN(Cc1ccccc1)Cc1ccccc1. The summed E-state index contributed by atoms with van der Waals surface area (Å²) in [6, 6.07) is 22.2. The molecular formula is C39H59N3O. The van der Waals surface area contributed by atoms with Crippen LogP contribution in [0.25, 0.3) is 0 Å². The lowest BCUT2D eigenvalue weighted by Crippen LogP contribution is -2.40. The Labute approximate surface area is 263 Å². The average Bonchev–Trinajstić information content (AvgIpc) is 3.03. The summed E-state index contributed by atoms with van der Waals surface area (Å²) in [7, 11) is 0. The summed E-state index contributed by atoms with van der Waals surface area (Å²) >= 11 is 0. The number of carbonyl (C=O) groups is 1. The van der Waals surface area contributed by atoms with Crippen molar-refractivity contribution in [1.82, 2.24) is 14.7 Å². The molecule has 236 valence electrons. The second kappa shape index (κ2) is 21.9. The van der Waals surface area contributed by atoms with Gasteiger partial charge in [-0.15, -0.1) is 13.2 Å². The van der Waals surface area contributed by atoms with Crippen molar-refractivity contribution in [1.29, 1.82) is 0 Å². The molecule has 1 amide bonds. The molecule has 1 heterocycles. The van der Waals surface area contributed by atoms with Gasteiger partial charge >= 0.3 is 0 Å². The van der Waals surface area contributed by atoms with Gasteiger partial charge < -0.3 is 9.80 Å². The predicted molar refractivity (Wildman–Crippen MR) is 184 cm³/mol. The Bertz CT molecular complexity index is 966. The second-order valence-corrected chi connectivity index (χ2v) is 12.4. The Hall–Kier alpha value is -2.69. The smallest absolute Gasteiger partial charge is 0.222 e. The summed E-state index contributed by atoms with van der Waals surface area (Å²) in [4.78, 5) is 20.8. The number of nitrogens with zero attached hydrogens (tertiary/aromatic N) is 3.